The van der Waals surface area contributed by atoms with Gasteiger partial charge in [0.15, 0.2) is 6.61 Å². The van der Waals surface area contributed by atoms with Gasteiger partial charge in [0.2, 0.25) is 0 Å². The molecular weight excluding hydrogens is 324 g/mol. The maximum Gasteiger partial charge on any atom is 0.277 e. The van der Waals surface area contributed by atoms with Crippen LogP contribution in [0.4, 0.5) is 0 Å². The van der Waals surface area contributed by atoms with Crippen LogP contribution in [0.3, 0.4) is 0 Å². The van der Waals surface area contributed by atoms with Gasteiger partial charge in [-0.15, -0.1) is 0 Å². The van der Waals surface area contributed by atoms with Crippen LogP contribution in [-0.4, -0.2) is 18.2 Å². The molecule has 0 unspecified atom stereocenters. The van der Waals surface area contributed by atoms with E-state index >= 15 is 0 Å². The molecule has 0 aliphatic heterocycles. The summed E-state index contributed by atoms with van der Waals surface area (Å²) in [5, 5.41) is 4.05. The van der Waals surface area contributed by atoms with Crippen LogP contribution in [0.2, 0.25) is 0 Å². The first-order valence-corrected chi connectivity index (χ1v) is 8.64. The van der Waals surface area contributed by atoms with Gasteiger partial charge >= 0.3 is 0 Å². The van der Waals surface area contributed by atoms with E-state index in [1.807, 2.05) is 73.7 Å². The van der Waals surface area contributed by atoms with Crippen molar-refractivity contribution in [1.29, 1.82) is 0 Å². The van der Waals surface area contributed by atoms with Gasteiger partial charge in [-0.3, -0.25) is 4.79 Å². The second-order valence-electron chi connectivity index (χ2n) is 7.10. The normalized spacial score (nSPS) is 12.2. The van der Waals surface area contributed by atoms with Gasteiger partial charge in [-0.2, -0.15) is 5.10 Å². The van der Waals surface area contributed by atoms with Crippen molar-refractivity contribution < 1.29 is 9.53 Å². The molecule has 0 aromatic heterocycles. The van der Waals surface area contributed by atoms with Gasteiger partial charge in [-0.1, -0.05) is 69.3 Å². The van der Waals surface area contributed by atoms with E-state index in [9.17, 15) is 4.79 Å². The number of ether oxygens (including phenoxy) is 1. The third kappa shape index (κ3) is 6.55. The number of benzene rings is 2. The highest BCUT2D eigenvalue weighted by molar-refractivity contribution is 5.97. The number of nitrogens with zero attached hydrogens (tertiary/aromatic N) is 1. The highest BCUT2D eigenvalue weighted by Gasteiger charge is 2.13. The molecule has 1 N–H and O–H groups in total. The van der Waals surface area contributed by atoms with Crippen LogP contribution < -0.4 is 10.2 Å². The van der Waals surface area contributed by atoms with E-state index in [-0.39, 0.29) is 17.9 Å². The quantitative estimate of drug-likeness (QED) is 0.613. The van der Waals surface area contributed by atoms with Crippen LogP contribution in [0.25, 0.3) is 6.08 Å². The number of amides is 1. The molecule has 0 saturated heterocycles. The lowest BCUT2D eigenvalue weighted by atomic mass is 9.87. The lowest BCUT2D eigenvalue weighted by Gasteiger charge is -2.19. The fraction of sp³-hybridized carbons (Fsp3) is 0.273. The molecule has 4 heteroatoms. The van der Waals surface area contributed by atoms with Crippen LogP contribution in [0.15, 0.2) is 65.8 Å². The van der Waals surface area contributed by atoms with Crippen molar-refractivity contribution >= 4 is 17.7 Å². The minimum absolute atomic E-state index is 0.0754. The standard InChI is InChI=1S/C22H26N2O2/c1-17(10-11-18-8-6-5-7-9-18)23-24-21(25)16-26-20-14-12-19(13-15-20)22(2,3)4/h5-15H,16H2,1-4H3,(H,24,25). The van der Waals surface area contributed by atoms with Crippen molar-refractivity contribution in [3.05, 3.63) is 71.8 Å². The van der Waals surface area contributed by atoms with Crippen molar-refractivity contribution in [2.75, 3.05) is 6.61 Å². The molecule has 0 radical (unpaired) electrons. The van der Waals surface area contributed by atoms with E-state index in [0.29, 0.717) is 11.5 Å². The van der Waals surface area contributed by atoms with Crippen molar-refractivity contribution in [1.82, 2.24) is 5.43 Å². The number of carbonyl (C=O) groups is 1. The summed E-state index contributed by atoms with van der Waals surface area (Å²) in [6, 6.07) is 17.7. The summed E-state index contributed by atoms with van der Waals surface area (Å²) in [4.78, 5) is 11.9. The molecule has 1 amide bonds. The minimum Gasteiger partial charge on any atom is -0.484 e. The Morgan fingerprint density at radius 1 is 1.08 bits per heavy atom. The first-order valence-electron chi connectivity index (χ1n) is 8.64. The second kappa shape index (κ2) is 8.99. The van der Waals surface area contributed by atoms with E-state index in [1.165, 1.54) is 5.56 Å². The van der Waals surface area contributed by atoms with Crippen LogP contribution in [0, 0.1) is 0 Å². The summed E-state index contributed by atoms with van der Waals surface area (Å²) in [5.41, 5.74) is 5.60. The number of nitrogens with one attached hydrogen (secondary N) is 1. The van der Waals surface area contributed by atoms with Crippen LogP contribution in [0.1, 0.15) is 38.8 Å². The molecular formula is C22H26N2O2. The topological polar surface area (TPSA) is 50.7 Å². The summed E-state index contributed by atoms with van der Waals surface area (Å²) in [6.45, 7) is 8.22. The second-order valence-corrected chi connectivity index (χ2v) is 7.10. The van der Waals surface area contributed by atoms with Crippen LogP contribution in [-0.2, 0) is 10.2 Å². The molecule has 2 rings (SSSR count). The zero-order chi connectivity index (χ0) is 19.0. The van der Waals surface area contributed by atoms with Crippen molar-refractivity contribution in [3.63, 3.8) is 0 Å². The Balaban J connectivity index is 1.80. The molecule has 0 aliphatic rings. The summed E-state index contributed by atoms with van der Waals surface area (Å²) in [6.07, 6.45) is 3.79. The Kier molecular flexibility index (Phi) is 6.73. The smallest absolute Gasteiger partial charge is 0.277 e. The summed E-state index contributed by atoms with van der Waals surface area (Å²) < 4.78 is 5.50. The Morgan fingerprint density at radius 3 is 2.35 bits per heavy atom. The van der Waals surface area contributed by atoms with E-state index < -0.39 is 0 Å². The van der Waals surface area contributed by atoms with Crippen molar-refractivity contribution in [2.45, 2.75) is 33.1 Å². The number of allylic oxidation sites excluding steroid dienone is 1. The highest BCUT2D eigenvalue weighted by atomic mass is 16.5. The Labute approximate surface area is 155 Å². The van der Waals surface area contributed by atoms with Crippen molar-refractivity contribution in [2.24, 2.45) is 5.10 Å². The summed E-state index contributed by atoms with van der Waals surface area (Å²) >= 11 is 0. The molecule has 2 aromatic carbocycles. The van der Waals surface area contributed by atoms with Crippen molar-refractivity contribution in [3.8, 4) is 5.75 Å². The van der Waals surface area contributed by atoms with Gasteiger partial charge < -0.3 is 4.74 Å². The summed E-state index contributed by atoms with van der Waals surface area (Å²) in [5.74, 6) is 0.371. The molecule has 0 spiro atoms. The minimum atomic E-state index is -0.294. The molecule has 26 heavy (non-hydrogen) atoms. The number of hydrogen-bond acceptors (Lipinski definition) is 3. The van der Waals surface area contributed by atoms with Gasteiger partial charge in [0.1, 0.15) is 5.75 Å². The zero-order valence-corrected chi connectivity index (χ0v) is 15.8. The largest absolute Gasteiger partial charge is 0.484 e. The average molecular weight is 350 g/mol. The zero-order valence-electron chi connectivity index (χ0n) is 15.8. The third-order valence-corrected chi connectivity index (χ3v) is 3.76. The van der Waals surface area contributed by atoms with Crippen LogP contribution >= 0.6 is 0 Å². The van der Waals surface area contributed by atoms with Gasteiger partial charge in [0.05, 0.1) is 5.71 Å². The van der Waals surface area contributed by atoms with Gasteiger partial charge in [0.25, 0.3) is 5.91 Å². The molecule has 0 fully saturated rings. The molecule has 0 atom stereocenters. The fourth-order valence-corrected chi connectivity index (χ4v) is 2.20. The van der Waals surface area contributed by atoms with Gasteiger partial charge in [0, 0.05) is 0 Å². The predicted molar refractivity (Wildman–Crippen MR) is 107 cm³/mol. The maximum atomic E-state index is 11.9. The van der Waals surface area contributed by atoms with Gasteiger partial charge in [-0.25, -0.2) is 5.43 Å². The highest BCUT2D eigenvalue weighted by Crippen LogP contribution is 2.24. The van der Waals surface area contributed by atoms with E-state index in [4.69, 9.17) is 4.74 Å². The predicted octanol–water partition coefficient (Wildman–Crippen LogP) is 4.57. The average Bonchev–Trinajstić information content (AvgIpc) is 2.63. The first kappa shape index (κ1) is 19.4. The lowest BCUT2D eigenvalue weighted by Crippen LogP contribution is -2.25. The molecule has 0 heterocycles. The SMILES string of the molecule is CC(C=Cc1ccccc1)=NNC(=O)COc1ccc(C(C)(C)C)cc1. The number of carbonyl (C=O) groups excluding carboxylic acids is 1. The Morgan fingerprint density at radius 2 is 1.73 bits per heavy atom. The maximum absolute atomic E-state index is 11.9. The monoisotopic (exact) mass is 350 g/mol. The molecule has 136 valence electrons. The Hall–Kier alpha value is -2.88. The van der Waals surface area contributed by atoms with Crippen LogP contribution in [0.5, 0.6) is 5.75 Å². The first-order chi connectivity index (χ1) is 12.3. The summed E-state index contributed by atoms with van der Waals surface area (Å²) in [7, 11) is 0. The molecule has 2 aromatic rings. The number of hydrogen-bond donors (Lipinski definition) is 1. The Bertz CT molecular complexity index is 770. The number of rotatable bonds is 6. The van der Waals surface area contributed by atoms with E-state index in [2.05, 4.69) is 31.3 Å². The molecule has 0 aliphatic carbocycles. The number of hydrazone groups is 1. The van der Waals surface area contributed by atoms with E-state index in [0.717, 1.165) is 5.56 Å². The molecule has 0 bridgehead atoms. The fourth-order valence-electron chi connectivity index (χ4n) is 2.20. The van der Waals surface area contributed by atoms with Gasteiger partial charge in [-0.05, 0) is 41.7 Å². The van der Waals surface area contributed by atoms with E-state index in [1.54, 1.807) is 0 Å². The third-order valence-electron chi connectivity index (χ3n) is 3.76. The molecule has 0 saturated carbocycles. The lowest BCUT2D eigenvalue weighted by molar-refractivity contribution is -0.123. The molecule has 4 nitrogen and oxygen atoms in total.